The van der Waals surface area contributed by atoms with Gasteiger partial charge in [0.1, 0.15) is 4.90 Å². The van der Waals surface area contributed by atoms with Gasteiger partial charge in [-0.2, -0.15) is 0 Å². The van der Waals surface area contributed by atoms with Crippen molar-refractivity contribution in [3.05, 3.63) is 29.3 Å². The Bertz CT molecular complexity index is 531. The van der Waals surface area contributed by atoms with Crippen LogP contribution < -0.4 is 4.72 Å². The summed E-state index contributed by atoms with van der Waals surface area (Å²) in [5, 5.41) is 8.87. The molecule has 1 rings (SSSR count). The number of aliphatic hydroxyl groups excluding tert-OH is 1. The quantitative estimate of drug-likeness (QED) is 0.859. The molecule has 0 bridgehead atoms. The highest BCUT2D eigenvalue weighted by Crippen LogP contribution is 2.20. The van der Waals surface area contributed by atoms with Crippen LogP contribution in [-0.2, 0) is 16.6 Å². The molecule has 4 nitrogen and oxygen atoms in total. The molecule has 18 heavy (non-hydrogen) atoms. The van der Waals surface area contributed by atoms with Crippen molar-refractivity contribution in [2.75, 3.05) is 0 Å². The van der Waals surface area contributed by atoms with Crippen molar-refractivity contribution < 1.29 is 22.3 Å². The number of benzene rings is 1. The molecule has 0 aliphatic carbocycles. The topological polar surface area (TPSA) is 66.4 Å². The molecule has 0 saturated heterocycles. The summed E-state index contributed by atoms with van der Waals surface area (Å²) < 4.78 is 52.6. The molecule has 1 atom stereocenters. The Morgan fingerprint density at radius 1 is 1.39 bits per heavy atom. The maximum absolute atomic E-state index is 13.5. The van der Waals surface area contributed by atoms with Gasteiger partial charge in [0.25, 0.3) is 0 Å². The largest absolute Gasteiger partial charge is 0.392 e. The lowest BCUT2D eigenvalue weighted by Crippen LogP contribution is -2.32. The molecule has 1 aromatic rings. The first-order valence-electron chi connectivity index (χ1n) is 5.43. The first-order valence-corrected chi connectivity index (χ1v) is 6.91. The van der Waals surface area contributed by atoms with Crippen LogP contribution in [0.5, 0.6) is 0 Å². The van der Waals surface area contributed by atoms with Crippen LogP contribution in [0.15, 0.2) is 17.0 Å². The molecule has 0 fully saturated rings. The minimum atomic E-state index is -4.13. The Morgan fingerprint density at radius 2 is 2.00 bits per heavy atom. The maximum atomic E-state index is 13.5. The van der Waals surface area contributed by atoms with Crippen molar-refractivity contribution in [2.45, 2.75) is 37.8 Å². The molecule has 0 aliphatic heterocycles. The Kier molecular flexibility index (Phi) is 4.78. The summed E-state index contributed by atoms with van der Waals surface area (Å²) in [5.41, 5.74) is -0.00146. The van der Waals surface area contributed by atoms with E-state index in [9.17, 15) is 17.2 Å². The lowest BCUT2D eigenvalue weighted by molar-refractivity contribution is 0.280. The van der Waals surface area contributed by atoms with E-state index in [-0.39, 0.29) is 5.56 Å². The van der Waals surface area contributed by atoms with E-state index in [1.807, 2.05) is 0 Å². The highest BCUT2D eigenvalue weighted by atomic mass is 32.2. The van der Waals surface area contributed by atoms with E-state index in [0.717, 1.165) is 12.1 Å². The standard InChI is InChI=1S/C11H15F2NO3S/c1-3-7(2)14-18(16,17)10-5-8(6-15)4-9(12)11(10)13/h4-5,7,14-15H,3,6H2,1-2H3. The van der Waals surface area contributed by atoms with Crippen LogP contribution in [0.3, 0.4) is 0 Å². The number of nitrogens with one attached hydrogen (secondary N) is 1. The number of sulfonamides is 1. The van der Waals surface area contributed by atoms with E-state index in [1.165, 1.54) is 0 Å². The van der Waals surface area contributed by atoms with Crippen LogP contribution in [0.2, 0.25) is 0 Å². The highest BCUT2D eigenvalue weighted by molar-refractivity contribution is 7.89. The predicted octanol–water partition coefficient (Wildman–Crippen LogP) is 1.53. The smallest absolute Gasteiger partial charge is 0.243 e. The Morgan fingerprint density at radius 3 is 2.50 bits per heavy atom. The molecule has 0 spiro atoms. The normalized spacial score (nSPS) is 13.6. The van der Waals surface area contributed by atoms with Gasteiger partial charge in [-0.25, -0.2) is 21.9 Å². The second-order valence-corrected chi connectivity index (χ2v) is 5.66. The van der Waals surface area contributed by atoms with Crippen LogP contribution in [0.1, 0.15) is 25.8 Å². The van der Waals surface area contributed by atoms with Crippen LogP contribution in [0.25, 0.3) is 0 Å². The summed E-state index contributed by atoms with van der Waals surface area (Å²) >= 11 is 0. The zero-order valence-electron chi connectivity index (χ0n) is 10.1. The summed E-state index contributed by atoms with van der Waals surface area (Å²) in [7, 11) is -4.13. The fourth-order valence-corrected chi connectivity index (χ4v) is 2.78. The summed E-state index contributed by atoms with van der Waals surface area (Å²) in [6.07, 6.45) is 0.517. The Labute approximate surface area is 105 Å². The average Bonchev–Trinajstić information content (AvgIpc) is 2.31. The van der Waals surface area contributed by atoms with Gasteiger partial charge in [0.2, 0.25) is 10.0 Å². The van der Waals surface area contributed by atoms with Crippen molar-refractivity contribution in [3.8, 4) is 0 Å². The van der Waals surface area contributed by atoms with Gasteiger partial charge in [0, 0.05) is 6.04 Å². The summed E-state index contributed by atoms with van der Waals surface area (Å²) in [4.78, 5) is -0.785. The van der Waals surface area contributed by atoms with Crippen molar-refractivity contribution >= 4 is 10.0 Å². The van der Waals surface area contributed by atoms with Gasteiger partial charge in [-0.1, -0.05) is 6.92 Å². The molecule has 0 aliphatic rings. The fraction of sp³-hybridized carbons (Fsp3) is 0.455. The van der Waals surface area contributed by atoms with Crippen LogP contribution in [-0.4, -0.2) is 19.6 Å². The monoisotopic (exact) mass is 279 g/mol. The average molecular weight is 279 g/mol. The van der Waals surface area contributed by atoms with Gasteiger partial charge in [-0.05, 0) is 31.0 Å². The van der Waals surface area contributed by atoms with E-state index >= 15 is 0 Å². The van der Waals surface area contributed by atoms with E-state index in [1.54, 1.807) is 13.8 Å². The molecule has 7 heteroatoms. The van der Waals surface area contributed by atoms with Gasteiger partial charge in [-0.3, -0.25) is 0 Å². The first kappa shape index (κ1) is 15.0. The van der Waals surface area contributed by atoms with Gasteiger partial charge < -0.3 is 5.11 Å². The zero-order chi connectivity index (χ0) is 13.9. The van der Waals surface area contributed by atoms with Gasteiger partial charge in [0.05, 0.1) is 6.61 Å². The van der Waals surface area contributed by atoms with Crippen LogP contribution in [0, 0.1) is 11.6 Å². The van der Waals surface area contributed by atoms with Crippen molar-refractivity contribution in [2.24, 2.45) is 0 Å². The van der Waals surface area contributed by atoms with Crippen LogP contribution >= 0.6 is 0 Å². The minimum absolute atomic E-state index is 0.00146. The summed E-state index contributed by atoms with van der Waals surface area (Å²) in [6, 6.07) is 1.29. The molecule has 1 unspecified atom stereocenters. The summed E-state index contributed by atoms with van der Waals surface area (Å²) in [6.45, 7) is 2.80. The minimum Gasteiger partial charge on any atom is -0.392 e. The van der Waals surface area contributed by atoms with Gasteiger partial charge in [-0.15, -0.1) is 0 Å². The number of halogens is 2. The first-order chi connectivity index (χ1) is 8.31. The second-order valence-electron chi connectivity index (χ2n) is 3.98. The molecular formula is C11H15F2NO3S. The molecule has 102 valence electrons. The van der Waals surface area contributed by atoms with Crippen LogP contribution in [0.4, 0.5) is 8.78 Å². The van der Waals surface area contributed by atoms with Crippen molar-refractivity contribution in [1.82, 2.24) is 4.72 Å². The van der Waals surface area contributed by atoms with E-state index in [2.05, 4.69) is 4.72 Å². The fourth-order valence-electron chi connectivity index (χ4n) is 1.32. The molecule has 0 heterocycles. The molecule has 0 radical (unpaired) electrons. The third-order valence-electron chi connectivity index (χ3n) is 2.50. The molecule has 2 N–H and O–H groups in total. The maximum Gasteiger partial charge on any atom is 0.243 e. The van der Waals surface area contributed by atoms with E-state index in [4.69, 9.17) is 5.11 Å². The Hall–Kier alpha value is -1.05. The van der Waals surface area contributed by atoms with Gasteiger partial charge >= 0.3 is 0 Å². The molecule has 1 aromatic carbocycles. The second kappa shape index (κ2) is 5.73. The molecular weight excluding hydrogens is 264 g/mol. The third-order valence-corrected chi connectivity index (χ3v) is 4.08. The lowest BCUT2D eigenvalue weighted by Gasteiger charge is -2.13. The SMILES string of the molecule is CCC(C)NS(=O)(=O)c1cc(CO)cc(F)c1F. The Balaban J connectivity index is 3.27. The highest BCUT2D eigenvalue weighted by Gasteiger charge is 2.24. The molecule has 0 amide bonds. The van der Waals surface area contributed by atoms with Crippen molar-refractivity contribution in [1.29, 1.82) is 0 Å². The number of hydrogen-bond acceptors (Lipinski definition) is 3. The number of aliphatic hydroxyl groups is 1. The number of hydrogen-bond donors (Lipinski definition) is 2. The molecule has 0 aromatic heterocycles. The van der Waals surface area contributed by atoms with E-state index in [0.29, 0.717) is 6.42 Å². The van der Waals surface area contributed by atoms with Gasteiger partial charge in [0.15, 0.2) is 11.6 Å². The lowest BCUT2D eigenvalue weighted by atomic mass is 10.2. The van der Waals surface area contributed by atoms with E-state index < -0.39 is 39.2 Å². The predicted molar refractivity (Wildman–Crippen MR) is 62.4 cm³/mol. The summed E-state index contributed by atoms with van der Waals surface area (Å²) in [5.74, 6) is -2.74. The molecule has 0 saturated carbocycles. The third kappa shape index (κ3) is 3.24. The van der Waals surface area contributed by atoms with Crippen molar-refractivity contribution in [3.63, 3.8) is 0 Å². The number of rotatable bonds is 5. The zero-order valence-corrected chi connectivity index (χ0v) is 10.9.